The number of nitrogens with one attached hydrogen (secondary N) is 1. The van der Waals surface area contributed by atoms with E-state index in [9.17, 15) is 9.59 Å². The molecule has 1 fully saturated rings. The van der Waals surface area contributed by atoms with Crippen molar-refractivity contribution in [2.24, 2.45) is 5.73 Å². The number of carbonyl (C=O) groups excluding carboxylic acids is 2. The number of nitrogens with two attached hydrogens (primary N) is 1. The number of rotatable bonds is 6. The van der Waals surface area contributed by atoms with Crippen molar-refractivity contribution in [2.45, 2.75) is 31.3 Å². The molecular formula is C21H26ClN3O2. The Balaban J connectivity index is 0.00000261. The average molecular weight is 388 g/mol. The van der Waals surface area contributed by atoms with Gasteiger partial charge in [-0.25, -0.2) is 0 Å². The lowest BCUT2D eigenvalue weighted by Gasteiger charge is -2.26. The first-order valence-electron chi connectivity index (χ1n) is 9.09. The predicted molar refractivity (Wildman–Crippen MR) is 109 cm³/mol. The molecular weight excluding hydrogens is 362 g/mol. The fraction of sp³-hybridized carbons (Fsp3) is 0.333. The molecule has 0 bridgehead atoms. The maximum absolute atomic E-state index is 12.8. The molecule has 144 valence electrons. The number of amides is 2. The number of likely N-dealkylation sites (tertiary alicyclic amines) is 1. The third-order valence-electron chi connectivity index (χ3n) is 4.89. The molecule has 3 N–H and O–H groups in total. The van der Waals surface area contributed by atoms with E-state index in [1.807, 2.05) is 53.4 Å². The first kappa shape index (κ1) is 20.9. The van der Waals surface area contributed by atoms with Crippen LogP contribution in [0.5, 0.6) is 0 Å². The average Bonchev–Trinajstić information content (AvgIpc) is 3.17. The van der Waals surface area contributed by atoms with E-state index >= 15 is 0 Å². The first-order chi connectivity index (χ1) is 12.7. The van der Waals surface area contributed by atoms with E-state index in [4.69, 9.17) is 5.73 Å². The van der Waals surface area contributed by atoms with Gasteiger partial charge in [-0.1, -0.05) is 48.5 Å². The van der Waals surface area contributed by atoms with E-state index in [-0.39, 0.29) is 42.7 Å². The number of hydrogen-bond acceptors (Lipinski definition) is 3. The SMILES string of the molecule is Cl.NCC1CCCN1C(=O)CC(NC(=O)c1ccccc1)c1ccccc1. The molecule has 5 nitrogen and oxygen atoms in total. The maximum Gasteiger partial charge on any atom is 0.251 e. The summed E-state index contributed by atoms with van der Waals surface area (Å²) >= 11 is 0. The highest BCUT2D eigenvalue weighted by Gasteiger charge is 2.30. The van der Waals surface area contributed by atoms with Crippen LogP contribution in [0.4, 0.5) is 0 Å². The van der Waals surface area contributed by atoms with Gasteiger partial charge >= 0.3 is 0 Å². The molecule has 0 aliphatic carbocycles. The highest BCUT2D eigenvalue weighted by atomic mass is 35.5. The Labute approximate surface area is 166 Å². The van der Waals surface area contributed by atoms with Crippen LogP contribution >= 0.6 is 12.4 Å². The maximum atomic E-state index is 12.8. The summed E-state index contributed by atoms with van der Waals surface area (Å²) in [7, 11) is 0. The summed E-state index contributed by atoms with van der Waals surface area (Å²) in [6.07, 6.45) is 2.17. The lowest BCUT2D eigenvalue weighted by Crippen LogP contribution is -2.42. The number of hydrogen-bond donors (Lipinski definition) is 2. The van der Waals surface area contributed by atoms with Crippen molar-refractivity contribution in [3.05, 3.63) is 71.8 Å². The van der Waals surface area contributed by atoms with Crippen molar-refractivity contribution in [2.75, 3.05) is 13.1 Å². The molecule has 1 aliphatic heterocycles. The van der Waals surface area contributed by atoms with Crippen LogP contribution in [0, 0.1) is 0 Å². The highest BCUT2D eigenvalue weighted by Crippen LogP contribution is 2.23. The minimum absolute atomic E-state index is 0. The molecule has 3 rings (SSSR count). The zero-order valence-electron chi connectivity index (χ0n) is 15.2. The van der Waals surface area contributed by atoms with E-state index in [1.54, 1.807) is 12.1 Å². The Morgan fingerprint density at radius 3 is 2.33 bits per heavy atom. The van der Waals surface area contributed by atoms with E-state index in [1.165, 1.54) is 0 Å². The number of nitrogens with zero attached hydrogens (tertiary/aromatic N) is 1. The molecule has 27 heavy (non-hydrogen) atoms. The van der Waals surface area contributed by atoms with E-state index in [2.05, 4.69) is 5.32 Å². The van der Waals surface area contributed by atoms with Gasteiger partial charge in [0.05, 0.1) is 12.5 Å². The van der Waals surface area contributed by atoms with Crippen LogP contribution in [-0.2, 0) is 4.79 Å². The third kappa shape index (κ3) is 5.31. The second kappa shape index (κ2) is 10.1. The monoisotopic (exact) mass is 387 g/mol. The number of carbonyl (C=O) groups is 2. The summed E-state index contributed by atoms with van der Waals surface area (Å²) in [4.78, 5) is 27.3. The lowest BCUT2D eigenvalue weighted by atomic mass is 10.0. The number of halogens is 1. The summed E-state index contributed by atoms with van der Waals surface area (Å²) in [6.45, 7) is 1.23. The molecule has 1 heterocycles. The van der Waals surface area contributed by atoms with Crippen LogP contribution in [0.2, 0.25) is 0 Å². The molecule has 0 spiro atoms. The second-order valence-electron chi connectivity index (χ2n) is 6.63. The Morgan fingerprint density at radius 1 is 1.07 bits per heavy atom. The van der Waals surface area contributed by atoms with Crippen LogP contribution in [0.15, 0.2) is 60.7 Å². The molecule has 0 radical (unpaired) electrons. The number of benzene rings is 2. The van der Waals surface area contributed by atoms with Crippen LogP contribution in [0.3, 0.4) is 0 Å². The predicted octanol–water partition coefficient (Wildman–Crippen LogP) is 2.92. The largest absolute Gasteiger partial charge is 0.345 e. The van der Waals surface area contributed by atoms with Crippen molar-refractivity contribution < 1.29 is 9.59 Å². The Morgan fingerprint density at radius 2 is 1.70 bits per heavy atom. The Kier molecular flexibility index (Phi) is 7.82. The summed E-state index contributed by atoms with van der Waals surface area (Å²) < 4.78 is 0. The molecule has 2 unspecified atom stereocenters. The summed E-state index contributed by atoms with van der Waals surface area (Å²) in [5.74, 6) is -0.135. The van der Waals surface area contributed by atoms with Gasteiger partial charge < -0.3 is 16.0 Å². The summed E-state index contributed by atoms with van der Waals surface area (Å²) in [6, 6.07) is 18.4. The molecule has 0 saturated carbocycles. The van der Waals surface area contributed by atoms with Gasteiger partial charge in [0.25, 0.3) is 5.91 Å². The molecule has 6 heteroatoms. The third-order valence-corrected chi connectivity index (χ3v) is 4.89. The Bertz CT molecular complexity index is 740. The molecule has 1 aliphatic rings. The van der Waals surface area contributed by atoms with Gasteiger partial charge in [-0.15, -0.1) is 12.4 Å². The Hall–Kier alpha value is -2.37. The summed E-state index contributed by atoms with van der Waals surface area (Å²) in [5, 5.41) is 3.02. The smallest absolute Gasteiger partial charge is 0.251 e. The first-order valence-corrected chi connectivity index (χ1v) is 9.09. The van der Waals surface area contributed by atoms with Gasteiger partial charge in [0.1, 0.15) is 0 Å². The van der Waals surface area contributed by atoms with E-state index in [0.29, 0.717) is 12.1 Å². The lowest BCUT2D eigenvalue weighted by molar-refractivity contribution is -0.132. The van der Waals surface area contributed by atoms with Gasteiger partial charge in [-0.3, -0.25) is 9.59 Å². The van der Waals surface area contributed by atoms with E-state index < -0.39 is 0 Å². The van der Waals surface area contributed by atoms with Crippen LogP contribution < -0.4 is 11.1 Å². The zero-order valence-corrected chi connectivity index (χ0v) is 16.0. The molecule has 2 amide bonds. The van der Waals surface area contributed by atoms with Gasteiger partial charge in [0.15, 0.2) is 0 Å². The minimum Gasteiger partial charge on any atom is -0.345 e. The fourth-order valence-electron chi connectivity index (χ4n) is 3.47. The van der Waals surface area contributed by atoms with Gasteiger partial charge in [-0.2, -0.15) is 0 Å². The van der Waals surface area contributed by atoms with Crippen molar-refractivity contribution in [1.29, 1.82) is 0 Å². The molecule has 0 aromatic heterocycles. The molecule has 2 atom stereocenters. The minimum atomic E-state index is -0.365. The molecule has 2 aromatic carbocycles. The zero-order chi connectivity index (χ0) is 18.4. The fourth-order valence-corrected chi connectivity index (χ4v) is 3.47. The van der Waals surface area contributed by atoms with Crippen molar-refractivity contribution in [3.63, 3.8) is 0 Å². The van der Waals surface area contributed by atoms with Gasteiger partial charge in [0, 0.05) is 24.7 Å². The molecule has 1 saturated heterocycles. The van der Waals surface area contributed by atoms with Crippen LogP contribution in [0.25, 0.3) is 0 Å². The quantitative estimate of drug-likeness (QED) is 0.800. The topological polar surface area (TPSA) is 75.4 Å². The van der Waals surface area contributed by atoms with Crippen molar-refractivity contribution in [1.82, 2.24) is 10.2 Å². The summed E-state index contributed by atoms with van der Waals surface area (Å²) in [5.41, 5.74) is 7.31. The van der Waals surface area contributed by atoms with E-state index in [0.717, 1.165) is 24.9 Å². The van der Waals surface area contributed by atoms with Gasteiger partial charge in [0.2, 0.25) is 5.91 Å². The van der Waals surface area contributed by atoms with Crippen LogP contribution in [-0.4, -0.2) is 35.8 Å². The standard InChI is InChI=1S/C21H25N3O2.ClH/c22-15-18-12-7-13-24(18)20(25)14-19(16-8-3-1-4-9-16)23-21(26)17-10-5-2-6-11-17;/h1-6,8-11,18-19H,7,12-15,22H2,(H,23,26);1H. The van der Waals surface area contributed by atoms with Crippen molar-refractivity contribution >= 4 is 24.2 Å². The van der Waals surface area contributed by atoms with Crippen molar-refractivity contribution in [3.8, 4) is 0 Å². The van der Waals surface area contributed by atoms with Gasteiger partial charge in [-0.05, 0) is 30.5 Å². The van der Waals surface area contributed by atoms with Crippen LogP contribution in [0.1, 0.15) is 41.2 Å². The molecule has 2 aromatic rings. The second-order valence-corrected chi connectivity index (χ2v) is 6.63. The normalized spacial score (nSPS) is 17.1. The highest BCUT2D eigenvalue weighted by molar-refractivity contribution is 5.94.